The van der Waals surface area contributed by atoms with Gasteiger partial charge in [-0.05, 0) is 44.2 Å². The van der Waals surface area contributed by atoms with Gasteiger partial charge in [0.2, 0.25) is 5.91 Å². The fourth-order valence-corrected chi connectivity index (χ4v) is 3.37. The zero-order valence-corrected chi connectivity index (χ0v) is 14.3. The summed E-state index contributed by atoms with van der Waals surface area (Å²) >= 11 is 0. The van der Waals surface area contributed by atoms with Crippen molar-refractivity contribution < 1.29 is 14.6 Å². The van der Waals surface area contributed by atoms with Crippen LogP contribution >= 0.6 is 0 Å². The van der Waals surface area contributed by atoms with Gasteiger partial charge in [0.25, 0.3) is 0 Å². The van der Waals surface area contributed by atoms with Crippen LogP contribution in [0.4, 0.5) is 0 Å². The summed E-state index contributed by atoms with van der Waals surface area (Å²) in [5.41, 5.74) is 0.941. The van der Waals surface area contributed by atoms with E-state index in [9.17, 15) is 9.90 Å². The Bertz CT molecular complexity index is 547. The van der Waals surface area contributed by atoms with E-state index in [0.717, 1.165) is 30.7 Å². The monoisotopic (exact) mass is 333 g/mol. The van der Waals surface area contributed by atoms with Gasteiger partial charge in [0.1, 0.15) is 5.60 Å². The molecule has 0 bridgehead atoms. The van der Waals surface area contributed by atoms with Gasteiger partial charge in [-0.15, -0.1) is 0 Å². The molecule has 132 valence electrons. The molecule has 0 unspecified atom stereocenters. The van der Waals surface area contributed by atoms with E-state index in [2.05, 4.69) is 15.2 Å². The SMILES string of the molecule is Cc1ccc(C2(O)CCN(CC(=O)NC[C@H]3CCCO3)CC2)nc1. The number of hydrogen-bond acceptors (Lipinski definition) is 5. The maximum atomic E-state index is 12.1. The summed E-state index contributed by atoms with van der Waals surface area (Å²) in [5.74, 6) is 0.0319. The third kappa shape index (κ3) is 4.32. The minimum Gasteiger partial charge on any atom is -0.383 e. The number of rotatable bonds is 5. The molecule has 2 aliphatic rings. The van der Waals surface area contributed by atoms with Crippen molar-refractivity contribution >= 4 is 5.91 Å². The van der Waals surface area contributed by atoms with Gasteiger partial charge in [0.15, 0.2) is 0 Å². The Labute approximate surface area is 143 Å². The highest BCUT2D eigenvalue weighted by Gasteiger charge is 2.35. The number of amides is 1. The van der Waals surface area contributed by atoms with Gasteiger partial charge in [0, 0.05) is 32.4 Å². The van der Waals surface area contributed by atoms with E-state index < -0.39 is 5.60 Å². The van der Waals surface area contributed by atoms with Crippen LogP contribution in [0.5, 0.6) is 0 Å². The highest BCUT2D eigenvalue weighted by molar-refractivity contribution is 5.78. The van der Waals surface area contributed by atoms with Gasteiger partial charge < -0.3 is 15.2 Å². The van der Waals surface area contributed by atoms with Crippen molar-refractivity contribution in [2.75, 3.05) is 32.8 Å². The average molecular weight is 333 g/mol. The first-order valence-electron chi connectivity index (χ1n) is 8.81. The molecule has 2 fully saturated rings. The van der Waals surface area contributed by atoms with Crippen LogP contribution in [-0.4, -0.2) is 59.8 Å². The van der Waals surface area contributed by atoms with Crippen LogP contribution in [-0.2, 0) is 15.1 Å². The fourth-order valence-electron chi connectivity index (χ4n) is 3.37. The van der Waals surface area contributed by atoms with Gasteiger partial charge >= 0.3 is 0 Å². The average Bonchev–Trinajstić information content (AvgIpc) is 3.09. The van der Waals surface area contributed by atoms with Crippen molar-refractivity contribution in [2.24, 2.45) is 0 Å². The molecule has 0 aliphatic carbocycles. The van der Waals surface area contributed by atoms with Crippen LogP contribution in [0, 0.1) is 6.92 Å². The predicted octanol–water partition coefficient (Wildman–Crippen LogP) is 0.969. The maximum Gasteiger partial charge on any atom is 0.234 e. The predicted molar refractivity (Wildman–Crippen MR) is 90.5 cm³/mol. The zero-order chi connectivity index (χ0) is 17.0. The molecule has 1 aromatic rings. The number of piperidine rings is 1. The van der Waals surface area contributed by atoms with Crippen molar-refractivity contribution in [3.8, 4) is 0 Å². The standard InChI is InChI=1S/C18H27N3O3/c1-14-4-5-16(19-11-14)18(23)6-8-21(9-7-18)13-17(22)20-12-15-3-2-10-24-15/h4-5,11,15,23H,2-3,6-10,12-13H2,1H3,(H,20,22)/t15-/m1/s1. The number of ether oxygens (including phenoxy) is 1. The van der Waals surface area contributed by atoms with Gasteiger partial charge in [-0.1, -0.05) is 6.07 Å². The molecule has 3 rings (SSSR count). The zero-order valence-electron chi connectivity index (χ0n) is 14.3. The second kappa shape index (κ2) is 7.59. The van der Waals surface area contributed by atoms with E-state index in [1.165, 1.54) is 0 Å². The molecule has 6 nitrogen and oxygen atoms in total. The number of hydrogen-bond donors (Lipinski definition) is 2. The van der Waals surface area contributed by atoms with Crippen molar-refractivity contribution in [1.82, 2.24) is 15.2 Å². The molecule has 0 radical (unpaired) electrons. The third-order valence-electron chi connectivity index (χ3n) is 4.99. The Morgan fingerprint density at radius 1 is 1.46 bits per heavy atom. The Morgan fingerprint density at radius 2 is 2.25 bits per heavy atom. The number of nitrogens with one attached hydrogen (secondary N) is 1. The molecule has 3 heterocycles. The van der Waals surface area contributed by atoms with Crippen molar-refractivity contribution in [1.29, 1.82) is 0 Å². The lowest BCUT2D eigenvalue weighted by atomic mass is 9.87. The Balaban J connectivity index is 1.44. The van der Waals surface area contributed by atoms with Gasteiger partial charge in [-0.3, -0.25) is 14.7 Å². The first-order valence-corrected chi connectivity index (χ1v) is 8.81. The molecule has 1 atom stereocenters. The highest BCUT2D eigenvalue weighted by atomic mass is 16.5. The van der Waals surface area contributed by atoms with Gasteiger partial charge in [-0.25, -0.2) is 0 Å². The smallest absolute Gasteiger partial charge is 0.234 e. The molecule has 0 spiro atoms. The molecule has 24 heavy (non-hydrogen) atoms. The highest BCUT2D eigenvalue weighted by Crippen LogP contribution is 2.31. The number of pyridine rings is 1. The Morgan fingerprint density at radius 3 is 2.88 bits per heavy atom. The van der Waals surface area contributed by atoms with E-state index >= 15 is 0 Å². The summed E-state index contributed by atoms with van der Waals surface area (Å²) in [6, 6.07) is 3.88. The van der Waals surface area contributed by atoms with E-state index in [1.807, 2.05) is 19.1 Å². The number of aliphatic hydroxyl groups is 1. The summed E-state index contributed by atoms with van der Waals surface area (Å²) in [6.45, 7) is 5.16. The number of nitrogens with zero attached hydrogens (tertiary/aromatic N) is 2. The van der Waals surface area contributed by atoms with E-state index in [0.29, 0.717) is 39.0 Å². The topological polar surface area (TPSA) is 74.7 Å². The molecule has 1 aromatic heterocycles. The van der Waals surface area contributed by atoms with Crippen molar-refractivity contribution in [3.05, 3.63) is 29.6 Å². The minimum absolute atomic E-state index is 0.0319. The van der Waals surface area contributed by atoms with Crippen molar-refractivity contribution in [3.63, 3.8) is 0 Å². The van der Waals surface area contributed by atoms with Crippen LogP contribution in [0.25, 0.3) is 0 Å². The molecule has 2 saturated heterocycles. The van der Waals surface area contributed by atoms with Crippen LogP contribution in [0.15, 0.2) is 18.3 Å². The van der Waals surface area contributed by atoms with E-state index in [1.54, 1.807) is 6.20 Å². The molecule has 2 aliphatic heterocycles. The molecule has 0 saturated carbocycles. The summed E-state index contributed by atoms with van der Waals surface area (Å²) < 4.78 is 5.51. The maximum absolute atomic E-state index is 12.1. The summed E-state index contributed by atoms with van der Waals surface area (Å²) in [4.78, 5) is 18.5. The van der Waals surface area contributed by atoms with Crippen LogP contribution in [0.2, 0.25) is 0 Å². The number of aromatic nitrogens is 1. The molecular weight excluding hydrogens is 306 g/mol. The van der Waals surface area contributed by atoms with Crippen LogP contribution in [0.3, 0.4) is 0 Å². The molecular formula is C18H27N3O3. The van der Waals surface area contributed by atoms with Crippen LogP contribution in [0.1, 0.15) is 36.9 Å². The van der Waals surface area contributed by atoms with E-state index in [-0.39, 0.29) is 12.0 Å². The van der Waals surface area contributed by atoms with E-state index in [4.69, 9.17) is 4.74 Å². The second-order valence-corrected chi connectivity index (χ2v) is 6.97. The summed E-state index contributed by atoms with van der Waals surface area (Å²) in [6.07, 6.45) is 5.27. The number of carbonyl (C=O) groups excluding carboxylic acids is 1. The lowest BCUT2D eigenvalue weighted by Crippen LogP contribution is -2.47. The first-order chi connectivity index (χ1) is 11.5. The molecule has 1 amide bonds. The number of likely N-dealkylation sites (tertiary alicyclic amines) is 1. The number of carbonyl (C=O) groups is 1. The third-order valence-corrected chi connectivity index (χ3v) is 4.99. The van der Waals surface area contributed by atoms with Gasteiger partial charge in [-0.2, -0.15) is 0 Å². The second-order valence-electron chi connectivity index (χ2n) is 6.97. The lowest BCUT2D eigenvalue weighted by Gasteiger charge is -2.37. The fraction of sp³-hybridized carbons (Fsp3) is 0.667. The molecule has 2 N–H and O–H groups in total. The van der Waals surface area contributed by atoms with Crippen molar-refractivity contribution in [2.45, 2.75) is 44.3 Å². The summed E-state index contributed by atoms with van der Waals surface area (Å²) in [5, 5.41) is 13.8. The molecule has 0 aromatic carbocycles. The molecule has 6 heteroatoms. The largest absolute Gasteiger partial charge is 0.383 e. The van der Waals surface area contributed by atoms with Crippen LogP contribution < -0.4 is 5.32 Å². The Kier molecular flexibility index (Phi) is 5.48. The normalized spacial score (nSPS) is 24.0. The van der Waals surface area contributed by atoms with Gasteiger partial charge in [0.05, 0.1) is 18.3 Å². The quantitative estimate of drug-likeness (QED) is 0.840. The summed E-state index contributed by atoms with van der Waals surface area (Å²) in [7, 11) is 0. The lowest BCUT2D eigenvalue weighted by molar-refractivity contribution is -0.124. The Hall–Kier alpha value is -1.50. The minimum atomic E-state index is -0.877. The first kappa shape index (κ1) is 17.3. The number of aryl methyl sites for hydroxylation is 1.